The van der Waals surface area contributed by atoms with Crippen molar-refractivity contribution in [2.75, 3.05) is 11.9 Å². The van der Waals surface area contributed by atoms with Crippen molar-refractivity contribution in [2.24, 2.45) is 0 Å². The van der Waals surface area contributed by atoms with Gasteiger partial charge in [-0.05, 0) is 66.7 Å². The highest BCUT2D eigenvalue weighted by Crippen LogP contribution is 2.38. The van der Waals surface area contributed by atoms with Crippen LogP contribution in [0.15, 0.2) is 23.6 Å². The molecule has 0 saturated carbocycles. The molecule has 0 saturated heterocycles. The predicted molar refractivity (Wildman–Crippen MR) is 95.3 cm³/mol. The van der Waals surface area contributed by atoms with Crippen LogP contribution in [-0.4, -0.2) is 11.7 Å². The molecule has 1 aliphatic rings. The Kier molecular flexibility index (Phi) is 5.04. The maximum atomic E-state index is 10.7. The summed E-state index contributed by atoms with van der Waals surface area (Å²) in [6, 6.07) is 6.61. The number of aryl methyl sites for hydroxylation is 2. The first-order valence-corrected chi connectivity index (χ1v) is 9.30. The van der Waals surface area contributed by atoms with Crippen LogP contribution in [0.25, 0.3) is 0 Å². The summed E-state index contributed by atoms with van der Waals surface area (Å²) in [6.45, 7) is 3.08. The number of nitrogens with one attached hydrogen (secondary N) is 1. The van der Waals surface area contributed by atoms with E-state index in [1.807, 2.05) is 0 Å². The Hall–Kier alpha value is -1.48. The van der Waals surface area contributed by atoms with E-state index in [4.69, 9.17) is 0 Å². The summed E-state index contributed by atoms with van der Waals surface area (Å²) >= 11 is 1.80. The zero-order valence-electron chi connectivity index (χ0n) is 13.3. The normalized spacial score (nSPS) is 13.9. The average molecular weight is 315 g/mol. The number of thiophene rings is 1. The van der Waals surface area contributed by atoms with Gasteiger partial charge in [0, 0.05) is 11.4 Å². The molecule has 1 aromatic heterocycles. The molecule has 0 spiro atoms. The fraction of sp³-hybridized carbons (Fsp3) is 0.474. The second-order valence-corrected chi connectivity index (χ2v) is 7.14. The standard InChI is InChI=1S/C19H25NOS/c1-2-6-15-13-14-7-3-4-9-17(14)19(21)18(15)20-11-10-16-8-5-12-22-16/h5,8,12-13,20-21H,2-4,6-7,9-11H2,1H3. The number of hydrogen-bond donors (Lipinski definition) is 2. The van der Waals surface area contributed by atoms with E-state index in [-0.39, 0.29) is 0 Å². The van der Waals surface area contributed by atoms with E-state index in [2.05, 4.69) is 35.8 Å². The van der Waals surface area contributed by atoms with Gasteiger partial charge in [0.1, 0.15) is 5.75 Å². The SMILES string of the molecule is CCCc1cc2c(c(O)c1NCCc1cccs1)CCCC2. The van der Waals surface area contributed by atoms with Crippen molar-refractivity contribution in [3.63, 3.8) is 0 Å². The maximum absolute atomic E-state index is 10.7. The van der Waals surface area contributed by atoms with Gasteiger partial charge in [0.2, 0.25) is 0 Å². The van der Waals surface area contributed by atoms with Crippen molar-refractivity contribution in [3.05, 3.63) is 45.1 Å². The highest BCUT2D eigenvalue weighted by molar-refractivity contribution is 7.09. The number of phenols is 1. The van der Waals surface area contributed by atoms with Crippen LogP contribution in [0.5, 0.6) is 5.75 Å². The third-order valence-electron chi connectivity index (χ3n) is 4.48. The molecule has 22 heavy (non-hydrogen) atoms. The summed E-state index contributed by atoms with van der Waals surface area (Å²) in [5.74, 6) is 0.520. The minimum Gasteiger partial charge on any atom is -0.505 e. The van der Waals surface area contributed by atoms with Crippen molar-refractivity contribution in [3.8, 4) is 5.75 Å². The number of hydrogen-bond acceptors (Lipinski definition) is 3. The molecular formula is C19H25NOS. The van der Waals surface area contributed by atoms with E-state index in [0.29, 0.717) is 5.75 Å². The monoisotopic (exact) mass is 315 g/mol. The van der Waals surface area contributed by atoms with Gasteiger partial charge in [-0.1, -0.05) is 25.5 Å². The highest BCUT2D eigenvalue weighted by atomic mass is 32.1. The topological polar surface area (TPSA) is 32.3 Å². The van der Waals surface area contributed by atoms with Crippen molar-refractivity contribution < 1.29 is 5.11 Å². The minimum absolute atomic E-state index is 0.520. The van der Waals surface area contributed by atoms with E-state index in [1.165, 1.54) is 34.4 Å². The molecule has 1 heterocycles. The molecule has 0 fully saturated rings. The molecule has 2 nitrogen and oxygen atoms in total. The van der Waals surface area contributed by atoms with Gasteiger partial charge in [-0.25, -0.2) is 0 Å². The lowest BCUT2D eigenvalue weighted by Gasteiger charge is -2.23. The molecule has 1 aliphatic carbocycles. The van der Waals surface area contributed by atoms with Gasteiger partial charge < -0.3 is 10.4 Å². The lowest BCUT2D eigenvalue weighted by molar-refractivity contribution is 0.463. The molecule has 3 rings (SSSR count). The molecule has 0 atom stereocenters. The van der Waals surface area contributed by atoms with Crippen LogP contribution in [0.4, 0.5) is 5.69 Å². The first kappa shape index (κ1) is 15.4. The zero-order chi connectivity index (χ0) is 15.4. The van der Waals surface area contributed by atoms with Crippen molar-refractivity contribution in [1.29, 1.82) is 0 Å². The number of rotatable bonds is 6. The Bertz CT molecular complexity index is 619. The summed E-state index contributed by atoms with van der Waals surface area (Å²) in [5, 5.41) is 16.4. The molecule has 1 aromatic carbocycles. The summed E-state index contributed by atoms with van der Waals surface area (Å²) in [6.07, 6.45) is 7.74. The number of aromatic hydroxyl groups is 1. The average Bonchev–Trinajstić information content (AvgIpc) is 3.04. The Morgan fingerprint density at radius 2 is 2.09 bits per heavy atom. The van der Waals surface area contributed by atoms with Crippen molar-refractivity contribution in [2.45, 2.75) is 51.9 Å². The van der Waals surface area contributed by atoms with Crippen LogP contribution in [0.2, 0.25) is 0 Å². The third-order valence-corrected chi connectivity index (χ3v) is 5.41. The van der Waals surface area contributed by atoms with Gasteiger partial charge in [-0.15, -0.1) is 11.3 Å². The van der Waals surface area contributed by atoms with Gasteiger partial charge in [-0.2, -0.15) is 0 Å². The fourth-order valence-electron chi connectivity index (χ4n) is 3.37. The second kappa shape index (κ2) is 7.19. The van der Waals surface area contributed by atoms with Gasteiger partial charge in [0.05, 0.1) is 5.69 Å². The highest BCUT2D eigenvalue weighted by Gasteiger charge is 2.19. The van der Waals surface area contributed by atoms with Gasteiger partial charge >= 0.3 is 0 Å². The van der Waals surface area contributed by atoms with Crippen molar-refractivity contribution in [1.82, 2.24) is 0 Å². The largest absolute Gasteiger partial charge is 0.505 e. The summed E-state index contributed by atoms with van der Waals surface area (Å²) in [4.78, 5) is 1.39. The van der Waals surface area contributed by atoms with Crippen LogP contribution in [-0.2, 0) is 25.7 Å². The molecule has 0 amide bonds. The van der Waals surface area contributed by atoms with E-state index >= 15 is 0 Å². The zero-order valence-corrected chi connectivity index (χ0v) is 14.1. The Balaban J connectivity index is 1.80. The Morgan fingerprint density at radius 3 is 2.86 bits per heavy atom. The van der Waals surface area contributed by atoms with Crippen LogP contribution >= 0.6 is 11.3 Å². The Labute approximate surface area is 137 Å². The van der Waals surface area contributed by atoms with E-state index < -0.39 is 0 Å². The van der Waals surface area contributed by atoms with Crippen LogP contribution in [0.3, 0.4) is 0 Å². The number of anilines is 1. The maximum Gasteiger partial charge on any atom is 0.142 e. The van der Waals surface area contributed by atoms with Gasteiger partial charge in [0.25, 0.3) is 0 Å². The molecule has 2 N–H and O–H groups in total. The van der Waals surface area contributed by atoms with E-state index in [9.17, 15) is 5.11 Å². The summed E-state index contributed by atoms with van der Waals surface area (Å²) in [5.41, 5.74) is 4.83. The first-order valence-electron chi connectivity index (χ1n) is 8.42. The van der Waals surface area contributed by atoms with E-state index in [0.717, 1.165) is 44.3 Å². The smallest absolute Gasteiger partial charge is 0.142 e. The number of phenolic OH excluding ortho intramolecular Hbond substituents is 1. The second-order valence-electron chi connectivity index (χ2n) is 6.11. The van der Waals surface area contributed by atoms with Crippen molar-refractivity contribution >= 4 is 17.0 Å². The van der Waals surface area contributed by atoms with Gasteiger partial charge in [-0.3, -0.25) is 0 Å². The minimum atomic E-state index is 0.520. The van der Waals surface area contributed by atoms with Gasteiger partial charge in [0.15, 0.2) is 0 Å². The lowest BCUT2D eigenvalue weighted by atomic mass is 9.87. The lowest BCUT2D eigenvalue weighted by Crippen LogP contribution is -2.11. The third kappa shape index (κ3) is 3.30. The molecule has 3 heteroatoms. The van der Waals surface area contributed by atoms with Crippen LogP contribution in [0, 0.1) is 0 Å². The molecule has 118 valence electrons. The number of benzene rings is 1. The molecule has 2 aromatic rings. The van der Waals surface area contributed by atoms with Crippen LogP contribution in [0.1, 0.15) is 47.8 Å². The molecular weight excluding hydrogens is 290 g/mol. The summed E-state index contributed by atoms with van der Waals surface area (Å²) in [7, 11) is 0. The Morgan fingerprint density at radius 1 is 1.23 bits per heavy atom. The molecule has 0 bridgehead atoms. The predicted octanol–water partition coefficient (Wildman–Crippen LogP) is 4.94. The molecule has 0 unspecified atom stereocenters. The quantitative estimate of drug-likeness (QED) is 0.740. The van der Waals surface area contributed by atoms with Crippen LogP contribution < -0.4 is 5.32 Å². The number of fused-ring (bicyclic) bond motifs is 1. The summed E-state index contributed by atoms with van der Waals surface area (Å²) < 4.78 is 0. The molecule has 0 radical (unpaired) electrons. The molecule has 0 aliphatic heterocycles. The fourth-order valence-corrected chi connectivity index (χ4v) is 4.08. The van der Waals surface area contributed by atoms with E-state index in [1.54, 1.807) is 11.3 Å². The first-order chi connectivity index (χ1) is 10.8.